The molecule has 0 aliphatic heterocycles. The van der Waals surface area contributed by atoms with Gasteiger partial charge in [0.1, 0.15) is 5.82 Å². The summed E-state index contributed by atoms with van der Waals surface area (Å²) >= 11 is 0. The van der Waals surface area contributed by atoms with Crippen LogP contribution < -0.4 is 16.0 Å². The monoisotopic (exact) mass is 408 g/mol. The van der Waals surface area contributed by atoms with Gasteiger partial charge in [0.15, 0.2) is 23.4 Å². The van der Waals surface area contributed by atoms with Gasteiger partial charge in [-0.15, -0.1) is 0 Å². The van der Waals surface area contributed by atoms with Crippen molar-refractivity contribution in [3.63, 3.8) is 0 Å². The van der Waals surface area contributed by atoms with Crippen LogP contribution in [-0.4, -0.2) is 32.0 Å². The van der Waals surface area contributed by atoms with Crippen molar-refractivity contribution >= 4 is 17.6 Å². The van der Waals surface area contributed by atoms with Gasteiger partial charge < -0.3 is 16.0 Å². The fourth-order valence-corrected chi connectivity index (χ4v) is 3.04. The number of anilines is 1. The smallest absolute Gasteiger partial charge is 0.243 e. The maximum absolute atomic E-state index is 14.1. The normalized spacial score (nSPS) is 15.0. The first kappa shape index (κ1) is 20.6. The molecule has 0 heterocycles. The van der Waals surface area contributed by atoms with E-state index in [0.717, 1.165) is 25.0 Å². The molecule has 1 fully saturated rings. The topological polar surface area (TPSA) is 65.5 Å². The van der Waals surface area contributed by atoms with E-state index in [9.17, 15) is 22.4 Å². The van der Waals surface area contributed by atoms with Crippen LogP contribution in [0.15, 0.2) is 41.4 Å². The molecule has 0 unspecified atom stereocenters. The Kier molecular flexibility index (Phi) is 6.05. The minimum absolute atomic E-state index is 0.261. The molecule has 2 aromatic carbocycles. The van der Waals surface area contributed by atoms with E-state index < -0.39 is 29.0 Å². The van der Waals surface area contributed by atoms with Crippen LogP contribution in [0.4, 0.5) is 23.2 Å². The highest BCUT2D eigenvalue weighted by molar-refractivity contribution is 5.95. The second-order valence-corrected chi connectivity index (χ2v) is 6.81. The fraction of sp³-hybridized carbons (Fsp3) is 0.300. The third kappa shape index (κ3) is 4.67. The van der Waals surface area contributed by atoms with Gasteiger partial charge in [0.25, 0.3) is 0 Å². The molecule has 1 aliphatic rings. The van der Waals surface area contributed by atoms with Crippen LogP contribution >= 0.6 is 0 Å². The molecule has 154 valence electrons. The SMILES string of the molecule is CN=C(NCC(=O)Nc1ccc(F)c(F)c1F)NCC1(c2ccccc2F)CC1. The Labute approximate surface area is 165 Å². The van der Waals surface area contributed by atoms with Gasteiger partial charge in [-0.05, 0) is 36.6 Å². The number of nitrogens with zero attached hydrogens (tertiary/aromatic N) is 1. The molecule has 1 aliphatic carbocycles. The van der Waals surface area contributed by atoms with Crippen LogP contribution in [0.3, 0.4) is 0 Å². The number of nitrogens with one attached hydrogen (secondary N) is 3. The molecule has 5 nitrogen and oxygen atoms in total. The van der Waals surface area contributed by atoms with E-state index in [2.05, 4.69) is 20.9 Å². The first-order valence-electron chi connectivity index (χ1n) is 8.99. The second kappa shape index (κ2) is 8.50. The zero-order valence-electron chi connectivity index (χ0n) is 15.7. The molecular weight excluding hydrogens is 388 g/mol. The van der Waals surface area contributed by atoms with Gasteiger partial charge in [0.05, 0.1) is 12.2 Å². The average molecular weight is 408 g/mol. The van der Waals surface area contributed by atoms with Crippen LogP contribution in [0.2, 0.25) is 0 Å². The van der Waals surface area contributed by atoms with Crippen molar-refractivity contribution in [2.24, 2.45) is 4.99 Å². The second-order valence-electron chi connectivity index (χ2n) is 6.81. The molecule has 0 atom stereocenters. The number of rotatable bonds is 6. The summed E-state index contributed by atoms with van der Waals surface area (Å²) in [7, 11) is 1.50. The summed E-state index contributed by atoms with van der Waals surface area (Å²) in [4.78, 5) is 16.0. The average Bonchev–Trinajstić information content (AvgIpc) is 3.50. The highest BCUT2D eigenvalue weighted by atomic mass is 19.2. The van der Waals surface area contributed by atoms with Gasteiger partial charge in [-0.1, -0.05) is 18.2 Å². The maximum atomic E-state index is 14.1. The first-order chi connectivity index (χ1) is 13.9. The van der Waals surface area contributed by atoms with E-state index in [4.69, 9.17) is 0 Å². The quantitative estimate of drug-likeness (QED) is 0.298. The molecule has 29 heavy (non-hydrogen) atoms. The van der Waals surface area contributed by atoms with E-state index in [1.54, 1.807) is 18.2 Å². The summed E-state index contributed by atoms with van der Waals surface area (Å²) in [6.07, 6.45) is 1.65. The zero-order valence-corrected chi connectivity index (χ0v) is 15.7. The number of carbonyl (C=O) groups excluding carboxylic acids is 1. The lowest BCUT2D eigenvalue weighted by Crippen LogP contribution is -2.44. The number of aliphatic imine (C=N–C) groups is 1. The number of guanidine groups is 1. The van der Waals surface area contributed by atoms with E-state index in [1.165, 1.54) is 13.1 Å². The molecule has 9 heteroatoms. The van der Waals surface area contributed by atoms with Gasteiger partial charge in [-0.25, -0.2) is 17.6 Å². The number of benzene rings is 2. The van der Waals surface area contributed by atoms with Crippen molar-refractivity contribution in [3.8, 4) is 0 Å². The van der Waals surface area contributed by atoms with E-state index >= 15 is 0 Å². The Balaban J connectivity index is 1.53. The van der Waals surface area contributed by atoms with Crippen molar-refractivity contribution in [2.45, 2.75) is 18.3 Å². The number of hydrogen-bond acceptors (Lipinski definition) is 2. The lowest BCUT2D eigenvalue weighted by molar-refractivity contribution is -0.115. The number of halogens is 4. The third-order valence-corrected chi connectivity index (χ3v) is 4.84. The van der Waals surface area contributed by atoms with Gasteiger partial charge in [-0.3, -0.25) is 9.79 Å². The standard InChI is InChI=1S/C20H20F4N4O/c1-25-19(27-11-20(8-9-20)12-4-2-3-5-13(12)21)26-10-16(29)28-15-7-6-14(22)17(23)18(15)24/h2-7H,8-11H2,1H3,(H,28,29)(H2,25,26,27). The molecule has 0 aromatic heterocycles. The van der Waals surface area contributed by atoms with Crippen LogP contribution in [0.25, 0.3) is 0 Å². The fourth-order valence-electron chi connectivity index (χ4n) is 3.04. The molecule has 0 saturated heterocycles. The maximum Gasteiger partial charge on any atom is 0.243 e. The highest BCUT2D eigenvalue weighted by Crippen LogP contribution is 2.48. The van der Waals surface area contributed by atoms with Gasteiger partial charge in [0.2, 0.25) is 5.91 Å². The lowest BCUT2D eigenvalue weighted by Gasteiger charge is -2.19. The summed E-state index contributed by atoms with van der Waals surface area (Å²) in [6, 6.07) is 8.25. The van der Waals surface area contributed by atoms with Crippen molar-refractivity contribution in [2.75, 3.05) is 25.5 Å². The number of carbonyl (C=O) groups is 1. The Morgan fingerprint density at radius 2 is 1.72 bits per heavy atom. The summed E-state index contributed by atoms with van der Waals surface area (Å²) in [6.45, 7) is 0.137. The largest absolute Gasteiger partial charge is 0.356 e. The summed E-state index contributed by atoms with van der Waals surface area (Å²) < 4.78 is 53.9. The minimum Gasteiger partial charge on any atom is -0.356 e. The van der Waals surface area contributed by atoms with Crippen molar-refractivity contribution < 1.29 is 22.4 Å². The Hall–Kier alpha value is -3.10. The van der Waals surface area contributed by atoms with Crippen LogP contribution in [0.1, 0.15) is 18.4 Å². The Morgan fingerprint density at radius 1 is 1.00 bits per heavy atom. The molecule has 2 aromatic rings. The van der Waals surface area contributed by atoms with E-state index in [0.29, 0.717) is 18.1 Å². The van der Waals surface area contributed by atoms with Gasteiger partial charge >= 0.3 is 0 Å². The first-order valence-corrected chi connectivity index (χ1v) is 8.99. The van der Waals surface area contributed by atoms with Crippen LogP contribution in [0.5, 0.6) is 0 Å². The van der Waals surface area contributed by atoms with Crippen molar-refractivity contribution in [3.05, 3.63) is 65.2 Å². The Bertz CT molecular complexity index is 944. The molecular formula is C20H20F4N4O. The minimum atomic E-state index is -1.66. The highest BCUT2D eigenvalue weighted by Gasteiger charge is 2.45. The zero-order chi connectivity index (χ0) is 21.0. The molecule has 0 radical (unpaired) electrons. The van der Waals surface area contributed by atoms with Gasteiger partial charge in [-0.2, -0.15) is 0 Å². The van der Waals surface area contributed by atoms with E-state index in [1.807, 2.05) is 0 Å². The summed E-state index contributed by atoms with van der Waals surface area (Å²) in [5, 5.41) is 7.96. The molecule has 0 spiro atoms. The van der Waals surface area contributed by atoms with Crippen molar-refractivity contribution in [1.82, 2.24) is 10.6 Å². The van der Waals surface area contributed by atoms with E-state index in [-0.39, 0.29) is 17.8 Å². The molecule has 1 amide bonds. The van der Waals surface area contributed by atoms with Crippen LogP contribution in [0, 0.1) is 23.3 Å². The summed E-state index contributed by atoms with van der Waals surface area (Å²) in [5.74, 6) is -5.10. The molecule has 1 saturated carbocycles. The number of amides is 1. The predicted molar refractivity (Wildman–Crippen MR) is 102 cm³/mol. The van der Waals surface area contributed by atoms with Crippen molar-refractivity contribution in [1.29, 1.82) is 0 Å². The molecule has 0 bridgehead atoms. The third-order valence-electron chi connectivity index (χ3n) is 4.84. The Morgan fingerprint density at radius 3 is 2.38 bits per heavy atom. The predicted octanol–water partition coefficient (Wildman–Crippen LogP) is 3.08. The van der Waals surface area contributed by atoms with Crippen LogP contribution in [-0.2, 0) is 10.2 Å². The summed E-state index contributed by atoms with van der Waals surface area (Å²) in [5.41, 5.74) is -0.148. The molecule has 3 N–H and O–H groups in total. The number of hydrogen-bond donors (Lipinski definition) is 3. The molecule has 3 rings (SSSR count). The lowest BCUT2D eigenvalue weighted by atomic mass is 9.95. The van der Waals surface area contributed by atoms with Gasteiger partial charge in [0, 0.05) is 19.0 Å².